The van der Waals surface area contributed by atoms with Gasteiger partial charge in [0, 0.05) is 22.8 Å². The van der Waals surface area contributed by atoms with Crippen molar-refractivity contribution in [3.05, 3.63) is 39.9 Å². The molecule has 0 atom stereocenters. The first-order valence-corrected chi connectivity index (χ1v) is 7.86. The highest BCUT2D eigenvalue weighted by atomic mass is 35.5. The number of aromatic nitrogens is 4. The predicted octanol–water partition coefficient (Wildman–Crippen LogP) is 3.84. The van der Waals surface area contributed by atoms with Crippen molar-refractivity contribution in [3.63, 3.8) is 0 Å². The molecule has 0 saturated carbocycles. The molecular formula is C12H9ClN4OS2. The molecule has 0 aliphatic heterocycles. The van der Waals surface area contributed by atoms with Crippen LogP contribution in [0.4, 0.5) is 0 Å². The van der Waals surface area contributed by atoms with Gasteiger partial charge in [-0.25, -0.2) is 0 Å². The highest BCUT2D eigenvalue weighted by Gasteiger charge is 2.11. The van der Waals surface area contributed by atoms with Crippen LogP contribution in [-0.4, -0.2) is 19.8 Å². The Labute approximate surface area is 128 Å². The maximum atomic E-state index is 5.94. The highest BCUT2D eigenvalue weighted by molar-refractivity contribution is 7.98. The molecule has 1 aromatic carbocycles. The van der Waals surface area contributed by atoms with Crippen molar-refractivity contribution in [1.82, 2.24) is 19.8 Å². The molecule has 0 aliphatic carbocycles. The fourth-order valence-electron chi connectivity index (χ4n) is 1.49. The Bertz CT molecular complexity index is 710. The summed E-state index contributed by atoms with van der Waals surface area (Å²) in [4.78, 5) is 0. The quantitative estimate of drug-likeness (QED) is 0.679. The van der Waals surface area contributed by atoms with Gasteiger partial charge < -0.3 is 4.42 Å². The summed E-state index contributed by atoms with van der Waals surface area (Å²) >= 11 is 8.49. The first-order chi connectivity index (χ1) is 9.72. The van der Waals surface area contributed by atoms with Crippen molar-refractivity contribution in [2.24, 2.45) is 0 Å². The molecule has 0 radical (unpaired) electrons. The van der Waals surface area contributed by atoms with E-state index in [2.05, 4.69) is 19.8 Å². The summed E-state index contributed by atoms with van der Waals surface area (Å²) in [5, 5.41) is 12.5. The van der Waals surface area contributed by atoms with Crippen molar-refractivity contribution >= 4 is 34.9 Å². The number of hydrogen-bond donors (Lipinski definition) is 0. The van der Waals surface area contributed by atoms with Gasteiger partial charge >= 0.3 is 0 Å². The van der Waals surface area contributed by atoms with Gasteiger partial charge in [0.1, 0.15) is 10.0 Å². The molecule has 102 valence electrons. The second-order valence-corrected chi connectivity index (χ2v) is 6.30. The minimum atomic E-state index is 0.490. The lowest BCUT2D eigenvalue weighted by Gasteiger charge is -1.95. The molecule has 3 rings (SSSR count). The molecule has 2 aromatic heterocycles. The van der Waals surface area contributed by atoms with E-state index < -0.39 is 0 Å². The summed E-state index contributed by atoms with van der Waals surface area (Å²) < 4.78 is 9.97. The molecule has 0 unspecified atom stereocenters. The number of thioether (sulfide) groups is 1. The summed E-state index contributed by atoms with van der Waals surface area (Å²) in [5.41, 5.74) is 2.83. The van der Waals surface area contributed by atoms with E-state index in [1.165, 1.54) is 28.9 Å². The van der Waals surface area contributed by atoms with Gasteiger partial charge in [0.25, 0.3) is 5.22 Å². The fourth-order valence-corrected chi connectivity index (χ4v) is 2.99. The first-order valence-electron chi connectivity index (χ1n) is 5.72. The van der Waals surface area contributed by atoms with Crippen molar-refractivity contribution in [1.29, 1.82) is 0 Å². The van der Waals surface area contributed by atoms with Crippen molar-refractivity contribution < 1.29 is 4.42 Å². The monoisotopic (exact) mass is 324 g/mol. The smallest absolute Gasteiger partial charge is 0.277 e. The fraction of sp³-hybridized carbons (Fsp3) is 0.167. The Morgan fingerprint density at radius 3 is 2.70 bits per heavy atom. The van der Waals surface area contributed by atoms with Gasteiger partial charge in [0.15, 0.2) is 0 Å². The van der Waals surface area contributed by atoms with Crippen LogP contribution in [0.15, 0.2) is 33.9 Å². The molecular weight excluding hydrogens is 316 g/mol. The molecule has 0 bridgehead atoms. The van der Waals surface area contributed by atoms with E-state index in [1.807, 2.05) is 31.2 Å². The topological polar surface area (TPSA) is 64.7 Å². The van der Waals surface area contributed by atoms with Crippen LogP contribution in [-0.2, 0) is 5.75 Å². The van der Waals surface area contributed by atoms with Crippen LogP contribution in [0.25, 0.3) is 11.5 Å². The third-order valence-electron chi connectivity index (χ3n) is 2.55. The molecule has 5 nitrogen and oxygen atoms in total. The summed E-state index contributed by atoms with van der Waals surface area (Å²) in [6.45, 7) is 2.03. The number of nitrogens with zero attached hydrogens (tertiary/aromatic N) is 4. The van der Waals surface area contributed by atoms with Gasteiger partial charge in [-0.15, -0.1) is 15.3 Å². The van der Waals surface area contributed by atoms with Gasteiger partial charge in [-0.05, 0) is 19.1 Å². The molecule has 8 heteroatoms. The van der Waals surface area contributed by atoms with E-state index in [1.54, 1.807) is 0 Å². The Hall–Kier alpha value is -1.44. The minimum Gasteiger partial charge on any atom is -0.411 e. The van der Waals surface area contributed by atoms with Gasteiger partial charge in [0.2, 0.25) is 5.89 Å². The highest BCUT2D eigenvalue weighted by Crippen LogP contribution is 2.28. The van der Waals surface area contributed by atoms with Gasteiger partial charge in [-0.1, -0.05) is 45.5 Å². The average Bonchev–Trinajstić information content (AvgIpc) is 3.06. The van der Waals surface area contributed by atoms with Gasteiger partial charge in [-0.2, -0.15) is 0 Å². The number of benzene rings is 1. The number of rotatable bonds is 4. The van der Waals surface area contributed by atoms with Gasteiger partial charge in [0.05, 0.1) is 0 Å². The average molecular weight is 325 g/mol. The first kappa shape index (κ1) is 13.5. The van der Waals surface area contributed by atoms with E-state index in [-0.39, 0.29) is 0 Å². The van der Waals surface area contributed by atoms with Crippen LogP contribution >= 0.6 is 34.9 Å². The molecule has 0 spiro atoms. The van der Waals surface area contributed by atoms with Crippen LogP contribution in [0.1, 0.15) is 11.3 Å². The van der Waals surface area contributed by atoms with Crippen LogP contribution in [0, 0.1) is 6.92 Å². The second kappa shape index (κ2) is 5.90. The summed E-state index contributed by atoms with van der Waals surface area (Å²) in [5.74, 6) is 1.07. The van der Waals surface area contributed by atoms with E-state index in [9.17, 15) is 0 Å². The Morgan fingerprint density at radius 2 is 2.00 bits per heavy atom. The van der Waals surface area contributed by atoms with E-state index >= 15 is 0 Å². The van der Waals surface area contributed by atoms with Crippen LogP contribution < -0.4 is 0 Å². The number of halogens is 1. The van der Waals surface area contributed by atoms with E-state index in [0.29, 0.717) is 21.2 Å². The lowest BCUT2D eigenvalue weighted by atomic mass is 10.1. The minimum absolute atomic E-state index is 0.490. The summed E-state index contributed by atoms with van der Waals surface area (Å²) in [7, 11) is 0. The number of aryl methyl sites for hydroxylation is 1. The van der Waals surface area contributed by atoms with Crippen LogP contribution in [0.2, 0.25) is 4.34 Å². The molecule has 0 amide bonds. The molecule has 3 aromatic rings. The second-order valence-electron chi connectivity index (χ2n) is 4.02. The van der Waals surface area contributed by atoms with Crippen LogP contribution in [0.3, 0.4) is 0 Å². The lowest BCUT2D eigenvalue weighted by Crippen LogP contribution is -1.82. The normalized spacial score (nSPS) is 10.9. The summed E-state index contributed by atoms with van der Waals surface area (Å²) in [6, 6.07) is 7.93. The zero-order chi connectivity index (χ0) is 13.9. The van der Waals surface area contributed by atoms with Gasteiger partial charge in [-0.3, -0.25) is 0 Å². The Balaban J connectivity index is 1.71. The van der Waals surface area contributed by atoms with Crippen molar-refractivity contribution in [2.75, 3.05) is 0 Å². The molecule has 0 aliphatic rings. The van der Waals surface area contributed by atoms with E-state index in [4.69, 9.17) is 16.0 Å². The van der Waals surface area contributed by atoms with Crippen molar-refractivity contribution in [2.45, 2.75) is 17.9 Å². The number of hydrogen-bond acceptors (Lipinski definition) is 7. The zero-order valence-corrected chi connectivity index (χ0v) is 12.8. The van der Waals surface area contributed by atoms with E-state index in [0.717, 1.165) is 11.3 Å². The molecule has 2 heterocycles. The molecule has 20 heavy (non-hydrogen) atoms. The lowest BCUT2D eigenvalue weighted by molar-refractivity contribution is 0.466. The largest absolute Gasteiger partial charge is 0.411 e. The zero-order valence-electron chi connectivity index (χ0n) is 10.4. The van der Waals surface area contributed by atoms with Crippen molar-refractivity contribution in [3.8, 4) is 11.5 Å². The maximum Gasteiger partial charge on any atom is 0.277 e. The SMILES string of the molecule is Cc1ccc(-c2nnc(SCc3nnsc3Cl)o2)cc1. The maximum absolute atomic E-state index is 5.94. The Kier molecular flexibility index (Phi) is 4.00. The summed E-state index contributed by atoms with van der Waals surface area (Å²) in [6.07, 6.45) is 0. The Morgan fingerprint density at radius 1 is 1.20 bits per heavy atom. The molecule has 0 fully saturated rings. The third-order valence-corrected chi connectivity index (χ3v) is 4.36. The third kappa shape index (κ3) is 3.00. The standard InChI is InChI=1S/C12H9ClN4OS2/c1-7-2-4-8(5-3-7)11-15-16-12(18-11)19-6-9-10(13)20-17-14-9/h2-5H,6H2,1H3. The molecule has 0 N–H and O–H groups in total. The predicted molar refractivity (Wildman–Crippen MR) is 79.0 cm³/mol. The molecule has 0 saturated heterocycles. The van der Waals surface area contributed by atoms with Crippen LogP contribution in [0.5, 0.6) is 0 Å².